The highest BCUT2D eigenvalue weighted by Crippen LogP contribution is 2.21. The predicted molar refractivity (Wildman–Crippen MR) is 65.5 cm³/mol. The van der Waals surface area contributed by atoms with Gasteiger partial charge in [-0.15, -0.1) is 0 Å². The van der Waals surface area contributed by atoms with Gasteiger partial charge in [-0.2, -0.15) is 0 Å². The lowest BCUT2D eigenvalue weighted by atomic mass is 10.2. The third kappa shape index (κ3) is 2.44. The first-order valence-corrected chi connectivity index (χ1v) is 5.10. The van der Waals surface area contributed by atoms with Crippen LogP contribution in [0.15, 0.2) is 42.5 Å². The van der Waals surface area contributed by atoms with E-state index in [0.29, 0.717) is 10.7 Å². The zero-order valence-corrected chi connectivity index (χ0v) is 9.13. The lowest BCUT2D eigenvalue weighted by molar-refractivity contribution is 0.633. The van der Waals surface area contributed by atoms with E-state index in [0.717, 1.165) is 5.69 Å². The largest absolute Gasteiger partial charge is 0.396 e. The van der Waals surface area contributed by atoms with E-state index in [4.69, 9.17) is 17.3 Å². The molecule has 0 bridgehead atoms. The normalized spacial score (nSPS) is 10.1. The van der Waals surface area contributed by atoms with Gasteiger partial charge in [0, 0.05) is 16.4 Å². The molecule has 0 atom stereocenters. The van der Waals surface area contributed by atoms with Gasteiger partial charge >= 0.3 is 0 Å². The standard InChI is InChI=1S/C12H10ClFN2/c13-8-1-3-9(4-2-8)16-10-5-6-12(15)11(14)7-10/h1-7,16H,15H2. The third-order valence-corrected chi connectivity index (χ3v) is 2.39. The fourth-order valence-electron chi connectivity index (χ4n) is 1.30. The average molecular weight is 237 g/mol. The Bertz CT molecular complexity index is 497. The molecule has 16 heavy (non-hydrogen) atoms. The summed E-state index contributed by atoms with van der Waals surface area (Å²) >= 11 is 5.76. The maximum atomic E-state index is 13.2. The van der Waals surface area contributed by atoms with Gasteiger partial charge in [0.25, 0.3) is 0 Å². The molecule has 0 aliphatic rings. The van der Waals surface area contributed by atoms with Crippen LogP contribution in [0.4, 0.5) is 21.5 Å². The van der Waals surface area contributed by atoms with E-state index < -0.39 is 5.82 Å². The number of halogens is 2. The zero-order valence-electron chi connectivity index (χ0n) is 8.37. The number of hydrogen-bond donors (Lipinski definition) is 2. The summed E-state index contributed by atoms with van der Waals surface area (Å²) in [5, 5.41) is 3.71. The predicted octanol–water partition coefficient (Wildman–Crippen LogP) is 3.80. The van der Waals surface area contributed by atoms with Gasteiger partial charge < -0.3 is 11.1 Å². The Morgan fingerprint density at radius 2 is 1.62 bits per heavy atom. The summed E-state index contributed by atoms with van der Waals surface area (Å²) in [5.41, 5.74) is 7.01. The first-order valence-electron chi connectivity index (χ1n) is 4.73. The Labute approximate surface area is 97.8 Å². The second-order valence-electron chi connectivity index (χ2n) is 3.37. The van der Waals surface area contributed by atoms with E-state index in [1.165, 1.54) is 12.1 Å². The van der Waals surface area contributed by atoms with Gasteiger partial charge in [0.1, 0.15) is 5.82 Å². The minimum Gasteiger partial charge on any atom is -0.396 e. The Kier molecular flexibility index (Phi) is 2.97. The van der Waals surface area contributed by atoms with Crippen LogP contribution < -0.4 is 11.1 Å². The number of hydrogen-bond acceptors (Lipinski definition) is 2. The number of benzene rings is 2. The highest BCUT2D eigenvalue weighted by molar-refractivity contribution is 6.30. The summed E-state index contributed by atoms with van der Waals surface area (Å²) in [6.45, 7) is 0. The highest BCUT2D eigenvalue weighted by atomic mass is 35.5. The van der Waals surface area contributed by atoms with Crippen molar-refractivity contribution < 1.29 is 4.39 Å². The van der Waals surface area contributed by atoms with E-state index in [2.05, 4.69) is 5.32 Å². The van der Waals surface area contributed by atoms with Crippen molar-refractivity contribution in [2.24, 2.45) is 0 Å². The van der Waals surface area contributed by atoms with Crippen LogP contribution in [0, 0.1) is 5.82 Å². The second kappa shape index (κ2) is 4.41. The lowest BCUT2D eigenvalue weighted by Crippen LogP contribution is -1.94. The summed E-state index contributed by atoms with van der Waals surface area (Å²) in [4.78, 5) is 0. The van der Waals surface area contributed by atoms with Gasteiger partial charge in [-0.3, -0.25) is 0 Å². The zero-order chi connectivity index (χ0) is 11.5. The Morgan fingerprint density at radius 1 is 1.00 bits per heavy atom. The topological polar surface area (TPSA) is 38.0 Å². The number of rotatable bonds is 2. The molecule has 0 radical (unpaired) electrons. The molecule has 4 heteroatoms. The van der Waals surface area contributed by atoms with Crippen molar-refractivity contribution in [2.75, 3.05) is 11.1 Å². The molecule has 0 fully saturated rings. The van der Waals surface area contributed by atoms with E-state index in [1.807, 2.05) is 12.1 Å². The van der Waals surface area contributed by atoms with Crippen molar-refractivity contribution in [2.45, 2.75) is 0 Å². The average Bonchev–Trinajstić information content (AvgIpc) is 2.27. The van der Waals surface area contributed by atoms with Gasteiger partial charge in [-0.1, -0.05) is 11.6 Å². The Hall–Kier alpha value is -1.74. The van der Waals surface area contributed by atoms with Crippen molar-refractivity contribution in [3.8, 4) is 0 Å². The van der Waals surface area contributed by atoms with Crippen LogP contribution in [0.1, 0.15) is 0 Å². The smallest absolute Gasteiger partial charge is 0.148 e. The lowest BCUT2D eigenvalue weighted by Gasteiger charge is -2.07. The van der Waals surface area contributed by atoms with Gasteiger partial charge in [0.2, 0.25) is 0 Å². The van der Waals surface area contributed by atoms with Crippen LogP contribution in [0.5, 0.6) is 0 Å². The van der Waals surface area contributed by atoms with Crippen LogP contribution in [0.25, 0.3) is 0 Å². The molecule has 2 rings (SSSR count). The number of nitrogens with two attached hydrogens (primary N) is 1. The summed E-state index contributed by atoms with van der Waals surface area (Å²) in [5.74, 6) is -0.432. The molecule has 0 saturated heterocycles. The Morgan fingerprint density at radius 3 is 2.25 bits per heavy atom. The maximum Gasteiger partial charge on any atom is 0.148 e. The van der Waals surface area contributed by atoms with Crippen LogP contribution in [0.3, 0.4) is 0 Å². The fourth-order valence-corrected chi connectivity index (χ4v) is 1.43. The van der Waals surface area contributed by atoms with Crippen molar-refractivity contribution in [3.05, 3.63) is 53.3 Å². The molecule has 0 unspecified atom stereocenters. The molecule has 0 aliphatic heterocycles. The fraction of sp³-hybridized carbons (Fsp3) is 0. The molecule has 2 aromatic rings. The van der Waals surface area contributed by atoms with Gasteiger partial charge in [0.05, 0.1) is 5.69 Å². The summed E-state index contributed by atoms with van der Waals surface area (Å²) in [6, 6.07) is 11.7. The molecule has 0 aromatic heterocycles. The number of anilines is 3. The molecule has 0 spiro atoms. The first-order chi connectivity index (χ1) is 7.65. The molecule has 0 saturated carbocycles. The quantitative estimate of drug-likeness (QED) is 0.779. The molecule has 2 nitrogen and oxygen atoms in total. The molecule has 3 N–H and O–H groups in total. The van der Waals surface area contributed by atoms with Crippen molar-refractivity contribution in [1.29, 1.82) is 0 Å². The molecule has 0 amide bonds. The van der Waals surface area contributed by atoms with Crippen molar-refractivity contribution in [3.63, 3.8) is 0 Å². The van der Waals surface area contributed by atoms with Crippen LogP contribution in [0.2, 0.25) is 5.02 Å². The third-order valence-electron chi connectivity index (χ3n) is 2.13. The number of nitrogens with one attached hydrogen (secondary N) is 1. The van der Waals surface area contributed by atoms with Crippen LogP contribution >= 0.6 is 11.6 Å². The van der Waals surface area contributed by atoms with Crippen LogP contribution in [-0.4, -0.2) is 0 Å². The first kappa shape index (κ1) is 10.8. The molecule has 0 heterocycles. The molecule has 2 aromatic carbocycles. The van der Waals surface area contributed by atoms with E-state index in [-0.39, 0.29) is 5.69 Å². The minimum atomic E-state index is -0.432. The summed E-state index contributed by atoms with van der Waals surface area (Å²) in [6.07, 6.45) is 0. The molecular weight excluding hydrogens is 227 g/mol. The van der Waals surface area contributed by atoms with E-state index in [9.17, 15) is 4.39 Å². The van der Waals surface area contributed by atoms with Crippen LogP contribution in [-0.2, 0) is 0 Å². The highest BCUT2D eigenvalue weighted by Gasteiger charge is 2.00. The Balaban J connectivity index is 2.20. The SMILES string of the molecule is Nc1ccc(Nc2ccc(Cl)cc2)cc1F. The van der Waals surface area contributed by atoms with Gasteiger partial charge in [-0.25, -0.2) is 4.39 Å². The minimum absolute atomic E-state index is 0.140. The van der Waals surface area contributed by atoms with Crippen molar-refractivity contribution in [1.82, 2.24) is 0 Å². The second-order valence-corrected chi connectivity index (χ2v) is 3.80. The van der Waals surface area contributed by atoms with Gasteiger partial charge in [-0.05, 0) is 42.5 Å². The molecular formula is C12H10ClFN2. The summed E-state index contributed by atoms with van der Waals surface area (Å²) < 4.78 is 13.2. The monoisotopic (exact) mass is 236 g/mol. The van der Waals surface area contributed by atoms with E-state index in [1.54, 1.807) is 18.2 Å². The van der Waals surface area contributed by atoms with Gasteiger partial charge in [0.15, 0.2) is 0 Å². The maximum absolute atomic E-state index is 13.2. The van der Waals surface area contributed by atoms with Crippen molar-refractivity contribution >= 4 is 28.7 Å². The summed E-state index contributed by atoms with van der Waals surface area (Å²) in [7, 11) is 0. The molecule has 82 valence electrons. The van der Waals surface area contributed by atoms with E-state index >= 15 is 0 Å². The molecule has 0 aliphatic carbocycles. The number of nitrogen functional groups attached to an aromatic ring is 1.